The largest absolute Gasteiger partial charge is 0.389 e. The highest BCUT2D eigenvalue weighted by molar-refractivity contribution is 7.80. The van der Waals surface area contributed by atoms with Gasteiger partial charge in [-0.25, -0.2) is 0 Å². The zero-order chi connectivity index (χ0) is 8.43. The highest BCUT2D eigenvalue weighted by Crippen LogP contribution is 2.27. The van der Waals surface area contributed by atoms with Crippen LogP contribution in [0.4, 0.5) is 0 Å². The van der Waals surface area contributed by atoms with Gasteiger partial charge in [0, 0.05) is 22.4 Å². The summed E-state index contributed by atoms with van der Waals surface area (Å²) in [5.41, 5.74) is 11.5. The molecule has 1 aromatic rings. The standard InChI is InChI=1S/C6H7ClN2S2/c7-5-3(6(9)10)2-11-4(5)1-8/h2H,1,8H2,(H2,9,10). The molecule has 0 spiro atoms. The van der Waals surface area contributed by atoms with E-state index in [1.165, 1.54) is 11.3 Å². The van der Waals surface area contributed by atoms with Gasteiger partial charge in [0.2, 0.25) is 0 Å². The van der Waals surface area contributed by atoms with Gasteiger partial charge >= 0.3 is 0 Å². The fourth-order valence-electron chi connectivity index (χ4n) is 0.688. The summed E-state index contributed by atoms with van der Waals surface area (Å²) < 4.78 is 0. The first-order valence-corrected chi connectivity index (χ1v) is 4.59. The first kappa shape index (κ1) is 8.93. The van der Waals surface area contributed by atoms with Gasteiger partial charge in [-0.3, -0.25) is 0 Å². The summed E-state index contributed by atoms with van der Waals surface area (Å²) in [6.45, 7) is 0.437. The number of halogens is 1. The average Bonchev–Trinajstić information content (AvgIpc) is 2.30. The van der Waals surface area contributed by atoms with Crippen LogP contribution in [0, 0.1) is 0 Å². The van der Waals surface area contributed by atoms with Gasteiger partial charge in [0.05, 0.1) is 5.02 Å². The Morgan fingerprint density at radius 1 is 1.73 bits per heavy atom. The monoisotopic (exact) mass is 206 g/mol. The molecule has 0 aromatic carbocycles. The average molecular weight is 207 g/mol. The van der Waals surface area contributed by atoms with E-state index in [0.29, 0.717) is 16.6 Å². The lowest BCUT2D eigenvalue weighted by molar-refractivity contribution is 1.11. The first-order valence-electron chi connectivity index (χ1n) is 2.92. The summed E-state index contributed by atoms with van der Waals surface area (Å²) in [5.74, 6) is 0. The summed E-state index contributed by atoms with van der Waals surface area (Å²) in [6.07, 6.45) is 0. The van der Waals surface area contributed by atoms with E-state index >= 15 is 0 Å². The third kappa shape index (κ3) is 1.70. The van der Waals surface area contributed by atoms with E-state index < -0.39 is 0 Å². The fourth-order valence-corrected chi connectivity index (χ4v) is 2.23. The SMILES string of the molecule is NCc1scc(C(N)=S)c1Cl. The molecule has 1 aromatic heterocycles. The van der Waals surface area contributed by atoms with Crippen LogP contribution in [-0.2, 0) is 6.54 Å². The molecule has 0 atom stereocenters. The number of nitrogens with two attached hydrogens (primary N) is 2. The Morgan fingerprint density at radius 3 is 2.64 bits per heavy atom. The molecule has 1 rings (SSSR count). The number of hydrogen-bond donors (Lipinski definition) is 2. The van der Waals surface area contributed by atoms with Gasteiger partial charge in [-0.1, -0.05) is 23.8 Å². The predicted octanol–water partition coefficient (Wildman–Crippen LogP) is 1.49. The zero-order valence-corrected chi connectivity index (χ0v) is 8.02. The summed E-state index contributed by atoms with van der Waals surface area (Å²) in [6, 6.07) is 0. The van der Waals surface area contributed by atoms with Crippen LogP contribution in [0.1, 0.15) is 10.4 Å². The second-order valence-corrected chi connectivity index (χ2v) is 3.74. The van der Waals surface area contributed by atoms with Crippen LogP contribution in [0.3, 0.4) is 0 Å². The van der Waals surface area contributed by atoms with Crippen molar-refractivity contribution in [3.05, 3.63) is 20.8 Å². The zero-order valence-electron chi connectivity index (χ0n) is 5.63. The van der Waals surface area contributed by atoms with Gasteiger partial charge in [0.25, 0.3) is 0 Å². The molecule has 1 heterocycles. The van der Waals surface area contributed by atoms with Gasteiger partial charge in [-0.05, 0) is 0 Å². The Labute approximate surface area is 79.1 Å². The van der Waals surface area contributed by atoms with Crippen molar-refractivity contribution in [3.63, 3.8) is 0 Å². The second-order valence-electron chi connectivity index (χ2n) is 1.95. The summed E-state index contributed by atoms with van der Waals surface area (Å²) in [7, 11) is 0. The van der Waals surface area contributed by atoms with Crippen molar-refractivity contribution in [3.8, 4) is 0 Å². The lowest BCUT2D eigenvalue weighted by Crippen LogP contribution is -2.08. The maximum Gasteiger partial charge on any atom is 0.106 e. The van der Waals surface area contributed by atoms with Crippen LogP contribution in [0.5, 0.6) is 0 Å². The Morgan fingerprint density at radius 2 is 2.36 bits per heavy atom. The van der Waals surface area contributed by atoms with Crippen LogP contribution in [0.2, 0.25) is 5.02 Å². The maximum absolute atomic E-state index is 5.88. The normalized spacial score (nSPS) is 10.0. The van der Waals surface area contributed by atoms with Crippen LogP contribution >= 0.6 is 35.2 Å². The Kier molecular flexibility index (Phi) is 2.84. The Hall–Kier alpha value is -0.160. The molecule has 0 saturated heterocycles. The molecule has 0 aliphatic carbocycles. The summed E-state index contributed by atoms with van der Waals surface area (Å²) in [4.78, 5) is 1.25. The van der Waals surface area contributed by atoms with Crippen molar-refractivity contribution in [2.75, 3.05) is 0 Å². The van der Waals surface area contributed by atoms with Crippen molar-refractivity contribution in [2.24, 2.45) is 11.5 Å². The van der Waals surface area contributed by atoms with E-state index in [2.05, 4.69) is 0 Å². The minimum absolute atomic E-state index is 0.325. The molecule has 60 valence electrons. The number of thiocarbonyl (C=S) groups is 1. The number of rotatable bonds is 2. The summed E-state index contributed by atoms with van der Waals surface area (Å²) >= 11 is 12.1. The van der Waals surface area contributed by atoms with Crippen molar-refractivity contribution in [1.29, 1.82) is 0 Å². The fraction of sp³-hybridized carbons (Fsp3) is 0.167. The molecule has 2 nitrogen and oxygen atoms in total. The van der Waals surface area contributed by atoms with Crippen LogP contribution in [-0.4, -0.2) is 4.99 Å². The van der Waals surface area contributed by atoms with Gasteiger partial charge < -0.3 is 11.5 Å². The smallest absolute Gasteiger partial charge is 0.106 e. The van der Waals surface area contributed by atoms with Crippen LogP contribution in [0.25, 0.3) is 0 Å². The highest BCUT2D eigenvalue weighted by atomic mass is 35.5. The molecular formula is C6H7ClN2S2. The van der Waals surface area contributed by atoms with Crippen molar-refractivity contribution >= 4 is 40.1 Å². The molecule has 0 radical (unpaired) electrons. The van der Waals surface area contributed by atoms with Gasteiger partial charge in [0.1, 0.15) is 4.99 Å². The molecule has 11 heavy (non-hydrogen) atoms. The minimum atomic E-state index is 0.325. The van der Waals surface area contributed by atoms with Crippen molar-refractivity contribution < 1.29 is 0 Å². The molecule has 0 bridgehead atoms. The van der Waals surface area contributed by atoms with Gasteiger partial charge in [0.15, 0.2) is 0 Å². The van der Waals surface area contributed by atoms with E-state index in [9.17, 15) is 0 Å². The van der Waals surface area contributed by atoms with Crippen LogP contribution < -0.4 is 11.5 Å². The highest BCUT2D eigenvalue weighted by Gasteiger charge is 2.09. The van der Waals surface area contributed by atoms with E-state index in [1.807, 2.05) is 5.38 Å². The molecular weight excluding hydrogens is 200 g/mol. The maximum atomic E-state index is 5.88. The van der Waals surface area contributed by atoms with Crippen LogP contribution in [0.15, 0.2) is 5.38 Å². The molecule has 0 aliphatic heterocycles. The van der Waals surface area contributed by atoms with Crippen molar-refractivity contribution in [2.45, 2.75) is 6.54 Å². The van der Waals surface area contributed by atoms with Gasteiger partial charge in [-0.15, -0.1) is 11.3 Å². The van der Waals surface area contributed by atoms with E-state index in [1.54, 1.807) is 0 Å². The third-order valence-corrected chi connectivity index (χ3v) is 3.02. The topological polar surface area (TPSA) is 52.0 Å². The quantitative estimate of drug-likeness (QED) is 0.722. The number of thiophene rings is 1. The molecule has 4 N–H and O–H groups in total. The molecule has 0 amide bonds. The minimum Gasteiger partial charge on any atom is -0.389 e. The molecule has 5 heteroatoms. The Bertz CT molecular complexity index is 282. The molecule has 0 unspecified atom stereocenters. The van der Waals surface area contributed by atoms with E-state index in [4.69, 9.17) is 35.3 Å². The van der Waals surface area contributed by atoms with E-state index in [0.717, 1.165) is 10.4 Å². The third-order valence-electron chi connectivity index (χ3n) is 1.25. The first-order chi connectivity index (χ1) is 5.16. The van der Waals surface area contributed by atoms with Crippen molar-refractivity contribution in [1.82, 2.24) is 0 Å². The second kappa shape index (κ2) is 3.49. The molecule has 0 fully saturated rings. The lowest BCUT2D eigenvalue weighted by Gasteiger charge is -1.94. The van der Waals surface area contributed by atoms with E-state index in [-0.39, 0.29) is 0 Å². The summed E-state index contributed by atoms with van der Waals surface area (Å²) in [5, 5.41) is 2.43. The Balaban J connectivity index is 3.10. The predicted molar refractivity (Wildman–Crippen MR) is 53.1 cm³/mol. The van der Waals surface area contributed by atoms with Gasteiger partial charge in [-0.2, -0.15) is 0 Å². The molecule has 0 aliphatic rings. The molecule has 0 saturated carbocycles. The lowest BCUT2D eigenvalue weighted by atomic mass is 10.3. The number of hydrogen-bond acceptors (Lipinski definition) is 3.